The Balaban J connectivity index is 2.22. The summed E-state index contributed by atoms with van der Waals surface area (Å²) in [5, 5.41) is 2.04. The Morgan fingerprint density at radius 2 is 2.17 bits per heavy atom. The SMILES string of the molecule is Cc1[nH]c(-c2cnc3ccsc3c2)nc(=S)c1C. The standard InChI is InChI=1S/C13H11N3S2/c1-7-8(2)15-12(16-13(7)17)9-5-11-10(14-6-9)3-4-18-11/h3-6H,1-2H3,(H,15,16,17). The van der Waals surface area contributed by atoms with Gasteiger partial charge in [0.15, 0.2) is 0 Å². The van der Waals surface area contributed by atoms with E-state index in [9.17, 15) is 0 Å². The van der Waals surface area contributed by atoms with Crippen molar-refractivity contribution in [1.29, 1.82) is 0 Å². The topological polar surface area (TPSA) is 41.6 Å². The summed E-state index contributed by atoms with van der Waals surface area (Å²) in [4.78, 5) is 12.1. The van der Waals surface area contributed by atoms with Crippen LogP contribution in [-0.2, 0) is 0 Å². The van der Waals surface area contributed by atoms with E-state index < -0.39 is 0 Å². The third kappa shape index (κ3) is 1.85. The molecule has 0 aromatic carbocycles. The van der Waals surface area contributed by atoms with Crippen molar-refractivity contribution in [3.05, 3.63) is 39.6 Å². The maximum atomic E-state index is 5.26. The largest absolute Gasteiger partial charge is 0.343 e. The highest BCUT2D eigenvalue weighted by atomic mass is 32.1. The molecule has 0 unspecified atom stereocenters. The Morgan fingerprint density at radius 3 is 2.94 bits per heavy atom. The second-order valence-electron chi connectivity index (χ2n) is 4.17. The first-order chi connectivity index (χ1) is 8.65. The Bertz CT molecular complexity index is 786. The van der Waals surface area contributed by atoms with Gasteiger partial charge in [0.05, 0.1) is 10.2 Å². The summed E-state index contributed by atoms with van der Waals surface area (Å²) >= 11 is 6.94. The van der Waals surface area contributed by atoms with Crippen LogP contribution in [0.15, 0.2) is 23.7 Å². The molecule has 3 aromatic heterocycles. The maximum absolute atomic E-state index is 5.26. The first-order valence-corrected chi connectivity index (χ1v) is 6.85. The number of aromatic amines is 1. The average molecular weight is 273 g/mol. The van der Waals surface area contributed by atoms with Crippen LogP contribution in [0.3, 0.4) is 0 Å². The van der Waals surface area contributed by atoms with Gasteiger partial charge in [-0.15, -0.1) is 11.3 Å². The number of nitrogens with one attached hydrogen (secondary N) is 1. The Hall–Kier alpha value is -1.59. The van der Waals surface area contributed by atoms with Gasteiger partial charge in [-0.1, -0.05) is 12.2 Å². The highest BCUT2D eigenvalue weighted by Crippen LogP contribution is 2.24. The number of pyridine rings is 1. The molecule has 18 heavy (non-hydrogen) atoms. The lowest BCUT2D eigenvalue weighted by atomic mass is 10.2. The van der Waals surface area contributed by atoms with Gasteiger partial charge in [-0.2, -0.15) is 0 Å². The molecule has 90 valence electrons. The minimum absolute atomic E-state index is 0.646. The summed E-state index contributed by atoms with van der Waals surface area (Å²) in [6.45, 7) is 3.99. The minimum atomic E-state index is 0.646. The summed E-state index contributed by atoms with van der Waals surface area (Å²) in [5.74, 6) is 0.783. The second kappa shape index (κ2) is 4.26. The van der Waals surface area contributed by atoms with E-state index >= 15 is 0 Å². The van der Waals surface area contributed by atoms with Crippen molar-refractivity contribution in [2.45, 2.75) is 13.8 Å². The normalized spacial score (nSPS) is 11.0. The van der Waals surface area contributed by atoms with Gasteiger partial charge in [0, 0.05) is 23.0 Å². The predicted molar refractivity (Wildman–Crippen MR) is 77.5 cm³/mol. The molecule has 3 nitrogen and oxygen atoms in total. The molecule has 3 rings (SSSR count). The lowest BCUT2D eigenvalue weighted by molar-refractivity contribution is 1.06. The molecule has 0 aliphatic carbocycles. The Labute approximate surface area is 114 Å². The molecule has 0 bridgehead atoms. The zero-order valence-corrected chi connectivity index (χ0v) is 11.7. The molecule has 0 aliphatic rings. The van der Waals surface area contributed by atoms with E-state index in [1.807, 2.05) is 31.5 Å². The van der Waals surface area contributed by atoms with Gasteiger partial charge in [0.2, 0.25) is 0 Å². The molecule has 0 atom stereocenters. The van der Waals surface area contributed by atoms with Gasteiger partial charge in [-0.25, -0.2) is 4.98 Å². The molecule has 3 heterocycles. The van der Waals surface area contributed by atoms with Crippen molar-refractivity contribution in [3.63, 3.8) is 0 Å². The van der Waals surface area contributed by atoms with Gasteiger partial charge in [0.25, 0.3) is 0 Å². The summed E-state index contributed by atoms with van der Waals surface area (Å²) in [7, 11) is 0. The fourth-order valence-electron chi connectivity index (χ4n) is 1.76. The highest BCUT2D eigenvalue weighted by molar-refractivity contribution is 7.71. The highest BCUT2D eigenvalue weighted by Gasteiger charge is 2.06. The minimum Gasteiger partial charge on any atom is -0.343 e. The van der Waals surface area contributed by atoms with Crippen molar-refractivity contribution >= 4 is 33.8 Å². The van der Waals surface area contributed by atoms with Crippen LogP contribution >= 0.6 is 23.6 Å². The van der Waals surface area contributed by atoms with E-state index in [4.69, 9.17) is 12.2 Å². The lowest BCUT2D eigenvalue weighted by Crippen LogP contribution is -1.96. The maximum Gasteiger partial charge on any atom is 0.140 e. The van der Waals surface area contributed by atoms with E-state index in [1.165, 1.54) is 0 Å². The average Bonchev–Trinajstić information content (AvgIpc) is 2.82. The van der Waals surface area contributed by atoms with Gasteiger partial charge in [-0.05, 0) is 31.4 Å². The molecule has 0 radical (unpaired) electrons. The number of nitrogens with zero attached hydrogens (tertiary/aromatic N) is 2. The molecule has 0 amide bonds. The monoisotopic (exact) mass is 273 g/mol. The molecular weight excluding hydrogens is 262 g/mol. The van der Waals surface area contributed by atoms with E-state index in [2.05, 4.69) is 21.0 Å². The van der Waals surface area contributed by atoms with E-state index in [0.29, 0.717) is 4.64 Å². The Morgan fingerprint density at radius 1 is 1.33 bits per heavy atom. The molecule has 0 saturated heterocycles. The number of hydrogen-bond acceptors (Lipinski definition) is 4. The zero-order chi connectivity index (χ0) is 12.7. The smallest absolute Gasteiger partial charge is 0.140 e. The zero-order valence-electron chi connectivity index (χ0n) is 10.0. The van der Waals surface area contributed by atoms with Crippen LogP contribution in [0.2, 0.25) is 0 Å². The first-order valence-electron chi connectivity index (χ1n) is 5.56. The number of fused-ring (bicyclic) bond motifs is 1. The molecule has 5 heteroatoms. The lowest BCUT2D eigenvalue weighted by Gasteiger charge is -2.05. The van der Waals surface area contributed by atoms with Crippen LogP contribution in [0.5, 0.6) is 0 Å². The molecule has 1 N–H and O–H groups in total. The fourth-order valence-corrected chi connectivity index (χ4v) is 2.78. The summed E-state index contributed by atoms with van der Waals surface area (Å²) in [5.41, 5.74) is 4.07. The third-order valence-electron chi connectivity index (χ3n) is 2.98. The van der Waals surface area contributed by atoms with Gasteiger partial charge in [-0.3, -0.25) is 4.98 Å². The molecule has 0 aliphatic heterocycles. The molecule has 0 spiro atoms. The summed E-state index contributed by atoms with van der Waals surface area (Å²) in [6, 6.07) is 4.11. The Kier molecular flexibility index (Phi) is 2.72. The third-order valence-corrected chi connectivity index (χ3v) is 4.23. The number of H-pyrrole nitrogens is 1. The van der Waals surface area contributed by atoms with Crippen LogP contribution < -0.4 is 0 Å². The van der Waals surface area contributed by atoms with Crippen molar-refractivity contribution in [2.75, 3.05) is 0 Å². The van der Waals surface area contributed by atoms with E-state index in [-0.39, 0.29) is 0 Å². The number of rotatable bonds is 1. The van der Waals surface area contributed by atoms with Gasteiger partial charge >= 0.3 is 0 Å². The number of aromatic nitrogens is 3. The van der Waals surface area contributed by atoms with Crippen molar-refractivity contribution in [1.82, 2.24) is 15.0 Å². The number of thiophene rings is 1. The van der Waals surface area contributed by atoms with Crippen LogP contribution in [-0.4, -0.2) is 15.0 Å². The van der Waals surface area contributed by atoms with Crippen molar-refractivity contribution in [2.24, 2.45) is 0 Å². The summed E-state index contributed by atoms with van der Waals surface area (Å²) < 4.78 is 1.80. The van der Waals surface area contributed by atoms with Crippen molar-refractivity contribution < 1.29 is 0 Å². The molecular formula is C13H11N3S2. The predicted octanol–water partition coefficient (Wildman–Crippen LogP) is 4.03. The second-order valence-corrected chi connectivity index (χ2v) is 5.50. The van der Waals surface area contributed by atoms with Gasteiger partial charge < -0.3 is 4.98 Å². The van der Waals surface area contributed by atoms with Gasteiger partial charge in [0.1, 0.15) is 10.5 Å². The van der Waals surface area contributed by atoms with Crippen LogP contribution in [0.25, 0.3) is 21.6 Å². The molecule has 3 aromatic rings. The molecule has 0 saturated carbocycles. The first kappa shape index (κ1) is 11.5. The quantitative estimate of drug-likeness (QED) is 0.680. The van der Waals surface area contributed by atoms with E-state index in [1.54, 1.807) is 11.3 Å². The van der Waals surface area contributed by atoms with Crippen molar-refractivity contribution in [3.8, 4) is 11.4 Å². The van der Waals surface area contributed by atoms with Crippen LogP contribution in [0, 0.1) is 18.5 Å². The fraction of sp³-hybridized carbons (Fsp3) is 0.154. The number of hydrogen-bond donors (Lipinski definition) is 1. The van der Waals surface area contributed by atoms with E-state index in [0.717, 1.165) is 32.9 Å². The van der Waals surface area contributed by atoms with Crippen LogP contribution in [0.4, 0.5) is 0 Å². The molecule has 0 fully saturated rings. The summed E-state index contributed by atoms with van der Waals surface area (Å²) in [6.07, 6.45) is 1.83. The number of aryl methyl sites for hydroxylation is 1. The van der Waals surface area contributed by atoms with Crippen LogP contribution in [0.1, 0.15) is 11.3 Å².